The molecule has 1 aliphatic rings. The number of allylic oxidation sites excluding steroid dienone is 3. The quantitative estimate of drug-likeness (QED) is 0.548. The van der Waals surface area contributed by atoms with Crippen molar-refractivity contribution >= 4 is 23.5 Å². The Labute approximate surface area is 186 Å². The fourth-order valence-electron chi connectivity index (χ4n) is 3.11. The van der Waals surface area contributed by atoms with Crippen molar-refractivity contribution in [2.24, 2.45) is 0 Å². The van der Waals surface area contributed by atoms with Crippen LogP contribution in [-0.2, 0) is 17.8 Å². The van der Waals surface area contributed by atoms with E-state index >= 15 is 0 Å². The van der Waals surface area contributed by atoms with Gasteiger partial charge in [-0.25, -0.2) is 10.2 Å². The van der Waals surface area contributed by atoms with Crippen LogP contribution in [0.2, 0.25) is 0 Å². The Hall–Kier alpha value is -3.51. The van der Waals surface area contributed by atoms with Crippen LogP contribution in [0.25, 0.3) is 0 Å². The summed E-state index contributed by atoms with van der Waals surface area (Å²) < 4.78 is 6.05. The van der Waals surface area contributed by atoms with Crippen molar-refractivity contribution < 1.29 is 14.3 Å². The van der Waals surface area contributed by atoms with E-state index in [-0.39, 0.29) is 24.2 Å². The van der Waals surface area contributed by atoms with E-state index in [2.05, 4.69) is 17.4 Å². The summed E-state index contributed by atoms with van der Waals surface area (Å²) in [5.74, 6) is 0.731. The molecule has 0 saturated heterocycles. The van der Waals surface area contributed by atoms with E-state index in [1.54, 1.807) is 25.2 Å². The average Bonchev–Trinajstić information content (AvgIpc) is 2.90. The summed E-state index contributed by atoms with van der Waals surface area (Å²) in [5.41, 5.74) is 7.10. The molecule has 1 aliphatic heterocycles. The van der Waals surface area contributed by atoms with E-state index in [0.717, 1.165) is 11.1 Å². The molecule has 3 rings (SSSR count). The zero-order valence-corrected chi connectivity index (χ0v) is 17.9. The number of fused-ring (bicyclic) bond motifs is 1. The van der Waals surface area contributed by atoms with E-state index < -0.39 is 6.03 Å². The Morgan fingerprint density at radius 3 is 2.58 bits per heavy atom. The first-order valence-electron chi connectivity index (χ1n) is 9.83. The molecule has 0 saturated carbocycles. The standard InChI is InChI=1S/C24H24ClN3O3/c1-3-9-22-20(14-17(2)25)28(16-19-12-7-8-13-21(19)31-22)24(30)27-26-23(29)15-18-10-5-4-6-11-18/h3-14,17H,1,15-16H2,2H3,(H,26,29)(H,27,30)/b20-14+,22-9+. The van der Waals surface area contributed by atoms with E-state index in [9.17, 15) is 9.59 Å². The van der Waals surface area contributed by atoms with Gasteiger partial charge >= 0.3 is 6.03 Å². The molecule has 0 radical (unpaired) electrons. The predicted octanol–water partition coefficient (Wildman–Crippen LogP) is 4.45. The number of hydrogen-bond acceptors (Lipinski definition) is 3. The number of hydrogen-bond donors (Lipinski definition) is 2. The molecule has 0 aliphatic carbocycles. The summed E-state index contributed by atoms with van der Waals surface area (Å²) in [7, 11) is 0. The number of urea groups is 1. The zero-order valence-electron chi connectivity index (χ0n) is 17.2. The van der Waals surface area contributed by atoms with Gasteiger partial charge in [-0.1, -0.05) is 61.2 Å². The topological polar surface area (TPSA) is 70.7 Å². The number of benzene rings is 2. The second kappa shape index (κ2) is 10.5. The molecule has 0 spiro atoms. The molecule has 160 valence electrons. The molecule has 31 heavy (non-hydrogen) atoms. The summed E-state index contributed by atoms with van der Waals surface area (Å²) in [5, 5.41) is -0.365. The van der Waals surface area contributed by atoms with Crippen LogP contribution in [0.1, 0.15) is 18.1 Å². The number of carbonyl (C=O) groups excluding carboxylic acids is 2. The highest BCUT2D eigenvalue weighted by Crippen LogP contribution is 2.32. The fraction of sp³-hybridized carbons (Fsp3) is 0.167. The minimum absolute atomic E-state index is 0.149. The highest BCUT2D eigenvalue weighted by molar-refractivity contribution is 6.21. The molecule has 0 aromatic heterocycles. The van der Waals surface area contributed by atoms with Crippen molar-refractivity contribution in [3.63, 3.8) is 0 Å². The van der Waals surface area contributed by atoms with Crippen molar-refractivity contribution in [1.29, 1.82) is 0 Å². The molecule has 2 N–H and O–H groups in total. The Balaban J connectivity index is 1.82. The highest BCUT2D eigenvalue weighted by Gasteiger charge is 2.28. The lowest BCUT2D eigenvalue weighted by molar-refractivity contribution is -0.121. The molecule has 1 atom stereocenters. The maximum absolute atomic E-state index is 13.1. The van der Waals surface area contributed by atoms with Gasteiger partial charge in [0.25, 0.3) is 0 Å². The molecule has 6 nitrogen and oxygen atoms in total. The molecular weight excluding hydrogens is 414 g/mol. The van der Waals surface area contributed by atoms with Crippen LogP contribution < -0.4 is 15.6 Å². The third-order valence-corrected chi connectivity index (χ3v) is 4.61. The van der Waals surface area contributed by atoms with E-state index in [4.69, 9.17) is 16.3 Å². The first-order valence-corrected chi connectivity index (χ1v) is 10.3. The van der Waals surface area contributed by atoms with Crippen LogP contribution in [0, 0.1) is 0 Å². The van der Waals surface area contributed by atoms with Gasteiger partial charge in [0.1, 0.15) is 5.75 Å². The smallest absolute Gasteiger partial charge is 0.340 e. The second-order valence-corrected chi connectivity index (χ2v) is 7.62. The second-order valence-electron chi connectivity index (χ2n) is 6.93. The minimum atomic E-state index is -0.514. The van der Waals surface area contributed by atoms with Crippen LogP contribution in [0.5, 0.6) is 5.75 Å². The molecule has 7 heteroatoms. The molecule has 2 aromatic carbocycles. The number of carbonyl (C=O) groups is 2. The van der Waals surface area contributed by atoms with Crippen molar-refractivity contribution in [3.05, 3.63) is 102 Å². The molecule has 3 amide bonds. The van der Waals surface area contributed by atoms with Gasteiger partial charge in [0.2, 0.25) is 5.91 Å². The normalized spacial score (nSPS) is 16.6. The van der Waals surface area contributed by atoms with E-state index in [1.807, 2.05) is 54.6 Å². The van der Waals surface area contributed by atoms with Gasteiger partial charge in [-0.3, -0.25) is 15.1 Å². The lowest BCUT2D eigenvalue weighted by atomic mass is 10.1. The monoisotopic (exact) mass is 437 g/mol. The Bertz CT molecular complexity index is 1020. The first-order chi connectivity index (χ1) is 15.0. The zero-order chi connectivity index (χ0) is 22.2. The number of halogens is 1. The van der Waals surface area contributed by atoms with Gasteiger partial charge in [-0.2, -0.15) is 0 Å². The maximum Gasteiger partial charge on any atom is 0.340 e. The Morgan fingerprint density at radius 1 is 1.16 bits per heavy atom. The summed E-state index contributed by atoms with van der Waals surface area (Å²) >= 11 is 6.22. The van der Waals surface area contributed by atoms with Crippen molar-refractivity contribution in [1.82, 2.24) is 15.8 Å². The minimum Gasteiger partial charge on any atom is -0.455 e. The number of alkyl halides is 1. The van der Waals surface area contributed by atoms with E-state index in [0.29, 0.717) is 17.2 Å². The molecule has 2 aromatic rings. The Morgan fingerprint density at radius 2 is 1.87 bits per heavy atom. The average molecular weight is 438 g/mol. The molecular formula is C24H24ClN3O3. The Kier molecular flexibility index (Phi) is 7.51. The fourth-order valence-corrected chi connectivity index (χ4v) is 3.23. The van der Waals surface area contributed by atoms with Gasteiger partial charge in [-0.05, 0) is 30.7 Å². The number of para-hydroxylation sites is 1. The number of ether oxygens (including phenoxy) is 1. The van der Waals surface area contributed by atoms with Gasteiger partial charge < -0.3 is 4.74 Å². The lowest BCUT2D eigenvalue weighted by Crippen LogP contribution is -2.48. The summed E-state index contributed by atoms with van der Waals surface area (Å²) in [6.45, 7) is 5.76. The highest BCUT2D eigenvalue weighted by atomic mass is 35.5. The summed E-state index contributed by atoms with van der Waals surface area (Å²) in [6.07, 6.45) is 5.11. The third-order valence-electron chi connectivity index (χ3n) is 4.48. The van der Waals surface area contributed by atoms with Crippen molar-refractivity contribution in [3.8, 4) is 5.75 Å². The van der Waals surface area contributed by atoms with Crippen LogP contribution in [0.3, 0.4) is 0 Å². The summed E-state index contributed by atoms with van der Waals surface area (Å²) in [6, 6.07) is 16.2. The molecule has 0 fully saturated rings. The summed E-state index contributed by atoms with van der Waals surface area (Å²) in [4.78, 5) is 26.8. The van der Waals surface area contributed by atoms with Gasteiger partial charge in [0.15, 0.2) is 5.76 Å². The van der Waals surface area contributed by atoms with Gasteiger partial charge in [-0.15, -0.1) is 11.6 Å². The molecule has 0 bridgehead atoms. The van der Waals surface area contributed by atoms with Gasteiger partial charge in [0.05, 0.1) is 24.0 Å². The maximum atomic E-state index is 13.1. The number of hydrazine groups is 1. The van der Waals surface area contributed by atoms with Crippen LogP contribution in [0.4, 0.5) is 4.79 Å². The number of rotatable bonds is 4. The predicted molar refractivity (Wildman–Crippen MR) is 121 cm³/mol. The molecule has 1 unspecified atom stereocenters. The number of nitrogens with one attached hydrogen (secondary N) is 2. The van der Waals surface area contributed by atoms with E-state index in [1.165, 1.54) is 4.90 Å². The lowest BCUT2D eigenvalue weighted by Gasteiger charge is -2.24. The van der Waals surface area contributed by atoms with Gasteiger partial charge in [0, 0.05) is 5.56 Å². The number of nitrogens with zero attached hydrogens (tertiary/aromatic N) is 1. The largest absolute Gasteiger partial charge is 0.455 e. The van der Waals surface area contributed by atoms with Crippen LogP contribution >= 0.6 is 11.6 Å². The van der Waals surface area contributed by atoms with Crippen LogP contribution in [0.15, 0.2) is 90.9 Å². The molecule has 1 heterocycles. The number of amides is 3. The van der Waals surface area contributed by atoms with Crippen molar-refractivity contribution in [2.75, 3.05) is 0 Å². The first kappa shape index (κ1) is 22.2. The third kappa shape index (κ3) is 5.99. The SMILES string of the molecule is C=C/C=C1/Oc2ccccc2CN(C(=O)NNC(=O)Cc2ccccc2)/C1=C/C(C)Cl. The van der Waals surface area contributed by atoms with Crippen LogP contribution in [-0.4, -0.2) is 22.2 Å². The van der Waals surface area contributed by atoms with Crippen molar-refractivity contribution in [2.45, 2.75) is 25.3 Å².